The van der Waals surface area contributed by atoms with Crippen LogP contribution in [-0.2, 0) is 31.1 Å². The second-order valence-electron chi connectivity index (χ2n) is 17.3. The van der Waals surface area contributed by atoms with Crippen LogP contribution in [0.3, 0.4) is 0 Å². The molecule has 61 heavy (non-hydrogen) atoms. The molecular formula is C59H42N2. The lowest BCUT2D eigenvalue weighted by Crippen LogP contribution is -2.26. The minimum Gasteiger partial charge on any atom is -0.310 e. The number of anilines is 6. The highest BCUT2D eigenvalue weighted by Crippen LogP contribution is 2.57. The lowest BCUT2D eigenvalue weighted by Gasteiger charge is -2.34. The lowest BCUT2D eigenvalue weighted by molar-refractivity contribution is 0.563. The molecule has 2 aliphatic heterocycles. The van der Waals surface area contributed by atoms with Gasteiger partial charge in [0.15, 0.2) is 0 Å². The van der Waals surface area contributed by atoms with E-state index in [1.54, 1.807) is 0 Å². The Morgan fingerprint density at radius 2 is 0.836 bits per heavy atom. The molecule has 4 aliphatic rings. The summed E-state index contributed by atoms with van der Waals surface area (Å²) in [5, 5.41) is 2.50. The second kappa shape index (κ2) is 13.3. The Balaban J connectivity index is 0.910. The highest BCUT2D eigenvalue weighted by Gasteiger charge is 2.47. The first kappa shape index (κ1) is 34.4. The van der Waals surface area contributed by atoms with E-state index in [2.05, 4.69) is 216 Å². The zero-order chi connectivity index (χ0) is 40.1. The van der Waals surface area contributed by atoms with E-state index in [-0.39, 0.29) is 5.41 Å². The first-order valence-corrected chi connectivity index (χ1v) is 21.7. The molecule has 0 atom stereocenters. The molecule has 288 valence electrons. The highest BCUT2D eigenvalue weighted by atomic mass is 15.2. The molecule has 0 N–H and O–H groups in total. The van der Waals surface area contributed by atoms with Gasteiger partial charge in [0, 0.05) is 52.1 Å². The van der Waals surface area contributed by atoms with Crippen molar-refractivity contribution in [3.63, 3.8) is 0 Å². The van der Waals surface area contributed by atoms with E-state index in [0.29, 0.717) is 0 Å². The minimum absolute atomic E-state index is 0.140. The summed E-state index contributed by atoms with van der Waals surface area (Å²) in [4.78, 5) is 4.97. The van der Waals surface area contributed by atoms with Crippen molar-refractivity contribution in [1.82, 2.24) is 0 Å². The van der Waals surface area contributed by atoms with Gasteiger partial charge in [0.1, 0.15) is 0 Å². The van der Waals surface area contributed by atoms with Crippen LogP contribution >= 0.6 is 0 Å². The smallest absolute Gasteiger partial charge is 0.0540 e. The molecule has 13 rings (SSSR count). The van der Waals surface area contributed by atoms with Gasteiger partial charge < -0.3 is 9.80 Å². The molecular weight excluding hydrogens is 737 g/mol. The van der Waals surface area contributed by atoms with E-state index in [1.807, 2.05) is 0 Å². The van der Waals surface area contributed by atoms with E-state index in [4.69, 9.17) is 0 Å². The van der Waals surface area contributed by atoms with Crippen molar-refractivity contribution >= 4 is 57.0 Å². The summed E-state index contributed by atoms with van der Waals surface area (Å²) in [6.45, 7) is 0. The molecule has 2 heterocycles. The lowest BCUT2D eigenvalue weighted by atomic mass is 9.75. The van der Waals surface area contributed by atoms with Crippen molar-refractivity contribution in [2.45, 2.75) is 31.1 Å². The molecule has 2 aliphatic carbocycles. The maximum atomic E-state index is 2.53. The average Bonchev–Trinajstić information content (AvgIpc) is 3.83. The molecule has 0 bridgehead atoms. The second-order valence-corrected chi connectivity index (χ2v) is 17.3. The van der Waals surface area contributed by atoms with Crippen LogP contribution in [0.15, 0.2) is 194 Å². The van der Waals surface area contributed by atoms with Gasteiger partial charge in [-0.2, -0.15) is 0 Å². The van der Waals surface area contributed by atoms with Crippen LogP contribution in [0, 0.1) is 0 Å². The zero-order valence-electron chi connectivity index (χ0n) is 33.9. The van der Waals surface area contributed by atoms with E-state index in [1.165, 1.54) is 112 Å². The Morgan fingerprint density at radius 1 is 0.361 bits per heavy atom. The average molecular weight is 779 g/mol. The summed E-state index contributed by atoms with van der Waals surface area (Å²) in [5.74, 6) is 0. The molecule has 2 heteroatoms. The topological polar surface area (TPSA) is 6.48 Å². The molecule has 0 amide bonds. The van der Waals surface area contributed by atoms with Gasteiger partial charge in [-0.15, -0.1) is 0 Å². The van der Waals surface area contributed by atoms with Crippen LogP contribution in [-0.4, -0.2) is 0 Å². The number of nitrogens with zero attached hydrogens (tertiary/aromatic N) is 2. The first-order valence-electron chi connectivity index (χ1n) is 21.7. The molecule has 9 aromatic carbocycles. The summed E-state index contributed by atoms with van der Waals surface area (Å²) in [6, 6.07) is 72.7. The van der Waals surface area contributed by atoms with Gasteiger partial charge in [-0.3, -0.25) is 0 Å². The molecule has 2 nitrogen and oxygen atoms in total. The van der Waals surface area contributed by atoms with Crippen LogP contribution in [0.5, 0.6) is 0 Å². The van der Waals surface area contributed by atoms with Crippen LogP contribution in [0.4, 0.5) is 34.1 Å². The minimum atomic E-state index is -0.140. The normalized spacial score (nSPS) is 15.0. The third-order valence-corrected chi connectivity index (χ3v) is 14.1. The zero-order valence-corrected chi connectivity index (χ0v) is 33.9. The molecule has 0 aromatic heterocycles. The Labute approximate surface area is 357 Å². The van der Waals surface area contributed by atoms with Gasteiger partial charge in [-0.05, 0) is 127 Å². The van der Waals surface area contributed by atoms with Crippen LogP contribution in [0.1, 0.15) is 55.6 Å². The molecule has 9 aromatic rings. The molecule has 0 radical (unpaired) electrons. The molecule has 0 unspecified atom stereocenters. The van der Waals surface area contributed by atoms with Crippen molar-refractivity contribution in [2.24, 2.45) is 0 Å². The monoisotopic (exact) mass is 778 g/mol. The van der Waals surface area contributed by atoms with E-state index in [9.17, 15) is 0 Å². The first-order chi connectivity index (χ1) is 30.2. The third kappa shape index (κ3) is 5.22. The predicted octanol–water partition coefficient (Wildman–Crippen LogP) is 14.8. The molecule has 1 spiro atoms. The van der Waals surface area contributed by atoms with Crippen molar-refractivity contribution in [3.8, 4) is 11.1 Å². The number of hydrogen-bond acceptors (Lipinski definition) is 2. The highest BCUT2D eigenvalue weighted by molar-refractivity contribution is 6.04. The van der Waals surface area contributed by atoms with Crippen molar-refractivity contribution in [3.05, 3.63) is 250 Å². The molecule has 0 fully saturated rings. The maximum Gasteiger partial charge on any atom is 0.0540 e. The van der Waals surface area contributed by atoms with Gasteiger partial charge in [0.25, 0.3) is 0 Å². The Kier molecular flexibility index (Phi) is 7.51. The van der Waals surface area contributed by atoms with Crippen molar-refractivity contribution in [1.29, 1.82) is 0 Å². The van der Waals surface area contributed by atoms with Gasteiger partial charge in [-0.25, -0.2) is 0 Å². The summed E-state index contributed by atoms with van der Waals surface area (Å²) in [5.41, 5.74) is 23.8. The quantitative estimate of drug-likeness (QED) is 0.164. The molecule has 0 saturated carbocycles. The van der Waals surface area contributed by atoms with Crippen molar-refractivity contribution < 1.29 is 0 Å². The summed E-state index contributed by atoms with van der Waals surface area (Å²) in [6.07, 6.45) is 8.57. The van der Waals surface area contributed by atoms with E-state index in [0.717, 1.165) is 25.7 Å². The number of benzene rings is 9. The van der Waals surface area contributed by atoms with Gasteiger partial charge in [-0.1, -0.05) is 164 Å². The summed E-state index contributed by atoms with van der Waals surface area (Å²) in [7, 11) is 0. The van der Waals surface area contributed by atoms with Crippen LogP contribution in [0.25, 0.3) is 34.1 Å². The fourth-order valence-corrected chi connectivity index (χ4v) is 11.3. The molecule has 0 saturated heterocycles. The fourth-order valence-electron chi connectivity index (χ4n) is 11.3. The van der Waals surface area contributed by atoms with Gasteiger partial charge in [0.2, 0.25) is 0 Å². The maximum absolute atomic E-state index is 2.53. The summed E-state index contributed by atoms with van der Waals surface area (Å²) < 4.78 is 0. The van der Waals surface area contributed by atoms with Gasteiger partial charge >= 0.3 is 0 Å². The largest absolute Gasteiger partial charge is 0.310 e. The standard InChI is InChI=1S/C59H42N2/c1-2-18-46-38-59(37-45(46)17-1)52-33-39(26-30-49(52)50-31-29-47(36-53(50)59)60-54-21-9-3-13-41(54)34-42-14-4-10-22-55(42)60)25-27-40-28-32-58(51-20-8-7-19-48(40)51)61-56-23-11-5-15-43(56)35-44-16-6-12-24-57(44)61/h1-33,36H,34-35,37-38H2. The number of fused-ring (bicyclic) bond motifs is 11. The number of rotatable bonds is 4. The van der Waals surface area contributed by atoms with E-state index < -0.39 is 0 Å². The summed E-state index contributed by atoms with van der Waals surface area (Å²) >= 11 is 0. The Bertz CT molecular complexity index is 3180. The Hall–Kier alpha value is -7.42. The third-order valence-electron chi connectivity index (χ3n) is 14.1. The van der Waals surface area contributed by atoms with Crippen molar-refractivity contribution in [2.75, 3.05) is 9.80 Å². The van der Waals surface area contributed by atoms with E-state index >= 15 is 0 Å². The fraction of sp³-hybridized carbons (Fsp3) is 0.0847. The van der Waals surface area contributed by atoms with Crippen LogP contribution < -0.4 is 9.80 Å². The Morgan fingerprint density at radius 3 is 1.43 bits per heavy atom. The van der Waals surface area contributed by atoms with Gasteiger partial charge in [0.05, 0.1) is 5.69 Å². The number of para-hydroxylation sites is 4. The predicted molar refractivity (Wildman–Crippen MR) is 254 cm³/mol. The SMILES string of the molecule is C(=Cc1ccc(N2c3ccccc3Cc3ccccc32)c2ccccc12)c1ccc2c(c1)C1(Cc3ccccc3C1)c1cc(N3c4ccccc4Cc4ccccc43)ccc1-2. The van der Waals surface area contributed by atoms with Crippen LogP contribution in [0.2, 0.25) is 0 Å². The number of hydrogen-bond donors (Lipinski definition) is 0.